The molecule has 0 aromatic rings. The molecule has 0 spiro atoms. The average molecular weight is 262 g/mol. The molecular formula is C10H14O8. The van der Waals surface area contributed by atoms with Gasteiger partial charge in [-0.3, -0.25) is 19.2 Å². The van der Waals surface area contributed by atoms with Crippen LogP contribution in [0, 0.1) is 0 Å². The predicted octanol–water partition coefficient (Wildman–Crippen LogP) is -1.33. The van der Waals surface area contributed by atoms with Crippen LogP contribution in [0.25, 0.3) is 0 Å². The normalized spacial score (nSPS) is 11.5. The summed E-state index contributed by atoms with van der Waals surface area (Å²) in [7, 11) is 0. The second-order valence-corrected chi connectivity index (χ2v) is 3.35. The Labute approximate surface area is 102 Å². The van der Waals surface area contributed by atoms with Gasteiger partial charge in [-0.2, -0.15) is 0 Å². The molecule has 0 saturated carbocycles. The smallest absolute Gasteiger partial charge is 0.316 e. The highest BCUT2D eigenvalue weighted by Crippen LogP contribution is 2.02. The molecule has 0 aromatic heterocycles. The fraction of sp³-hybridized carbons (Fsp3) is 0.600. The summed E-state index contributed by atoms with van der Waals surface area (Å²) in [6.45, 7) is 0.561. The molecule has 0 aliphatic carbocycles. The van der Waals surface area contributed by atoms with Crippen LogP contribution in [0.4, 0.5) is 0 Å². The zero-order valence-electron chi connectivity index (χ0n) is 9.75. The molecule has 0 aliphatic rings. The van der Waals surface area contributed by atoms with Crippen molar-refractivity contribution in [3.05, 3.63) is 0 Å². The largest absolute Gasteiger partial charge is 0.396 e. The van der Waals surface area contributed by atoms with Gasteiger partial charge in [-0.15, -0.1) is 0 Å². The first-order valence-corrected chi connectivity index (χ1v) is 5.08. The summed E-state index contributed by atoms with van der Waals surface area (Å²) in [6.07, 6.45) is -2.91. The van der Waals surface area contributed by atoms with E-state index >= 15 is 0 Å². The summed E-state index contributed by atoms with van der Waals surface area (Å²) < 4.78 is 8.34. The summed E-state index contributed by atoms with van der Waals surface area (Å²) in [5.74, 6) is -3.77. The van der Waals surface area contributed by atoms with Crippen LogP contribution in [0.3, 0.4) is 0 Å². The van der Waals surface area contributed by atoms with Crippen molar-refractivity contribution in [2.75, 3.05) is 6.61 Å². The number of ether oxygens (including phenoxy) is 2. The Morgan fingerprint density at radius 2 is 1.50 bits per heavy atom. The second-order valence-electron chi connectivity index (χ2n) is 3.35. The molecule has 0 saturated heterocycles. The van der Waals surface area contributed by atoms with E-state index in [2.05, 4.69) is 9.47 Å². The third-order valence-corrected chi connectivity index (χ3v) is 1.61. The Balaban J connectivity index is 3.97. The Morgan fingerprint density at radius 3 is 1.94 bits per heavy atom. The van der Waals surface area contributed by atoms with Crippen molar-refractivity contribution in [1.29, 1.82) is 0 Å². The van der Waals surface area contributed by atoms with Crippen molar-refractivity contribution >= 4 is 23.9 Å². The fourth-order valence-electron chi connectivity index (χ4n) is 0.970. The van der Waals surface area contributed by atoms with Crippen LogP contribution in [0.15, 0.2) is 0 Å². The van der Waals surface area contributed by atoms with Gasteiger partial charge in [-0.1, -0.05) is 0 Å². The van der Waals surface area contributed by atoms with Crippen LogP contribution in [0.1, 0.15) is 26.2 Å². The van der Waals surface area contributed by atoms with E-state index in [1.54, 1.807) is 0 Å². The molecule has 8 nitrogen and oxygen atoms in total. The maximum absolute atomic E-state index is 11.0. The Hall–Kier alpha value is -1.80. The number of esters is 4. The third kappa shape index (κ3) is 8.36. The highest BCUT2D eigenvalue weighted by Gasteiger charge is 2.19. The third-order valence-electron chi connectivity index (χ3n) is 1.61. The van der Waals surface area contributed by atoms with Gasteiger partial charge in [-0.25, -0.2) is 0 Å². The Kier molecular flexibility index (Phi) is 7.48. The standard InChI is InChI=1S/C10H14O8/c1-6(12)17-9(15)4-7(13)5-10(16)18-8(14)2-3-11/h7,11,13H,2-5H2,1H3. The summed E-state index contributed by atoms with van der Waals surface area (Å²) >= 11 is 0. The first-order valence-electron chi connectivity index (χ1n) is 5.08. The monoisotopic (exact) mass is 262 g/mol. The van der Waals surface area contributed by atoms with Crippen LogP contribution < -0.4 is 0 Å². The van der Waals surface area contributed by atoms with Crippen molar-refractivity contribution in [2.24, 2.45) is 0 Å². The van der Waals surface area contributed by atoms with Gasteiger partial charge >= 0.3 is 23.9 Å². The minimum Gasteiger partial charge on any atom is -0.396 e. The first-order chi connectivity index (χ1) is 8.35. The SMILES string of the molecule is CC(=O)OC(=O)CC(O)CC(=O)OC(=O)CCO. The topological polar surface area (TPSA) is 127 Å². The molecule has 0 bridgehead atoms. The second kappa shape index (κ2) is 8.31. The molecule has 2 N–H and O–H groups in total. The lowest BCUT2D eigenvalue weighted by molar-refractivity contribution is -0.161. The lowest BCUT2D eigenvalue weighted by Crippen LogP contribution is -2.23. The zero-order valence-corrected chi connectivity index (χ0v) is 9.75. The summed E-state index contributed by atoms with van der Waals surface area (Å²) in [5, 5.41) is 17.7. The molecule has 0 fully saturated rings. The molecule has 0 rings (SSSR count). The number of hydrogen-bond acceptors (Lipinski definition) is 8. The van der Waals surface area contributed by atoms with Crippen LogP contribution >= 0.6 is 0 Å². The van der Waals surface area contributed by atoms with Crippen molar-refractivity contribution in [3.63, 3.8) is 0 Å². The Bertz CT molecular complexity index is 335. The molecule has 8 heteroatoms. The van der Waals surface area contributed by atoms with Gasteiger partial charge in [0.15, 0.2) is 0 Å². The van der Waals surface area contributed by atoms with Crippen molar-refractivity contribution in [2.45, 2.75) is 32.3 Å². The maximum atomic E-state index is 11.0. The molecule has 1 unspecified atom stereocenters. The molecule has 0 amide bonds. The molecule has 18 heavy (non-hydrogen) atoms. The van der Waals surface area contributed by atoms with E-state index in [1.807, 2.05) is 0 Å². The van der Waals surface area contributed by atoms with E-state index in [1.165, 1.54) is 0 Å². The van der Waals surface area contributed by atoms with Gasteiger partial charge in [0, 0.05) is 6.92 Å². The van der Waals surface area contributed by atoms with Gasteiger partial charge in [0.25, 0.3) is 0 Å². The number of aliphatic hydroxyl groups excluding tert-OH is 2. The van der Waals surface area contributed by atoms with Gasteiger partial charge in [0.2, 0.25) is 0 Å². The Morgan fingerprint density at radius 1 is 1.00 bits per heavy atom. The maximum Gasteiger partial charge on any atom is 0.316 e. The van der Waals surface area contributed by atoms with E-state index in [0.717, 1.165) is 6.92 Å². The van der Waals surface area contributed by atoms with E-state index in [-0.39, 0.29) is 6.42 Å². The molecular weight excluding hydrogens is 248 g/mol. The number of carbonyl (C=O) groups is 4. The van der Waals surface area contributed by atoms with Crippen LogP contribution in [0.5, 0.6) is 0 Å². The van der Waals surface area contributed by atoms with Crippen molar-refractivity contribution in [3.8, 4) is 0 Å². The van der Waals surface area contributed by atoms with Crippen LogP contribution in [-0.2, 0) is 28.7 Å². The molecule has 102 valence electrons. The molecule has 1 atom stereocenters. The van der Waals surface area contributed by atoms with E-state index < -0.39 is 49.4 Å². The molecule has 0 heterocycles. The minimum absolute atomic E-state index is 0.339. The van der Waals surface area contributed by atoms with Crippen molar-refractivity contribution in [1.82, 2.24) is 0 Å². The fourth-order valence-corrected chi connectivity index (χ4v) is 0.970. The van der Waals surface area contributed by atoms with E-state index in [9.17, 15) is 24.3 Å². The number of rotatable bonds is 6. The summed E-state index contributed by atoms with van der Waals surface area (Å²) in [6, 6.07) is 0. The average Bonchev–Trinajstić information content (AvgIpc) is 2.14. The zero-order chi connectivity index (χ0) is 14.1. The highest BCUT2D eigenvalue weighted by molar-refractivity contribution is 5.87. The van der Waals surface area contributed by atoms with Gasteiger partial charge < -0.3 is 19.7 Å². The first kappa shape index (κ1) is 16.2. The quantitative estimate of drug-likeness (QED) is 0.445. The van der Waals surface area contributed by atoms with Crippen molar-refractivity contribution < 1.29 is 38.9 Å². The summed E-state index contributed by atoms with van der Waals surface area (Å²) in [4.78, 5) is 43.1. The molecule has 0 radical (unpaired) electrons. The molecule has 0 aliphatic heterocycles. The minimum atomic E-state index is -1.41. The number of aliphatic hydroxyl groups is 2. The van der Waals surface area contributed by atoms with E-state index in [4.69, 9.17) is 5.11 Å². The van der Waals surface area contributed by atoms with Gasteiger partial charge in [0.1, 0.15) is 0 Å². The lowest BCUT2D eigenvalue weighted by Gasteiger charge is -2.08. The lowest BCUT2D eigenvalue weighted by atomic mass is 10.2. The van der Waals surface area contributed by atoms with E-state index in [0.29, 0.717) is 0 Å². The van der Waals surface area contributed by atoms with Gasteiger partial charge in [-0.05, 0) is 0 Å². The van der Waals surface area contributed by atoms with Gasteiger partial charge in [0.05, 0.1) is 32.0 Å². The summed E-state index contributed by atoms with van der Waals surface area (Å²) in [5.41, 5.74) is 0. The molecule has 0 aromatic carbocycles. The highest BCUT2D eigenvalue weighted by atomic mass is 16.6. The van der Waals surface area contributed by atoms with Crippen LogP contribution in [0.2, 0.25) is 0 Å². The number of hydrogen-bond donors (Lipinski definition) is 2. The number of carbonyl (C=O) groups excluding carboxylic acids is 4. The predicted molar refractivity (Wildman–Crippen MR) is 54.8 cm³/mol. The van der Waals surface area contributed by atoms with Crippen LogP contribution in [-0.4, -0.2) is 46.8 Å².